The number of hydrogen-bond acceptors (Lipinski definition) is 6. The molecule has 8 heteroatoms. The van der Waals surface area contributed by atoms with Crippen LogP contribution in [-0.4, -0.2) is 53.4 Å². The highest BCUT2D eigenvalue weighted by atomic mass is 16.6. The third-order valence-electron chi connectivity index (χ3n) is 3.57. The quantitative estimate of drug-likeness (QED) is 0.783. The maximum atomic E-state index is 12.2. The molecule has 1 unspecified atom stereocenters. The van der Waals surface area contributed by atoms with Crippen LogP contribution >= 0.6 is 0 Å². The maximum absolute atomic E-state index is 12.2. The lowest BCUT2D eigenvalue weighted by molar-refractivity contribution is -0.00201. The van der Waals surface area contributed by atoms with E-state index in [1.165, 1.54) is 9.80 Å². The highest BCUT2D eigenvalue weighted by molar-refractivity contribution is 5.71. The van der Waals surface area contributed by atoms with Crippen LogP contribution in [0.2, 0.25) is 0 Å². The zero-order chi connectivity index (χ0) is 18.4. The summed E-state index contributed by atoms with van der Waals surface area (Å²) < 4.78 is 10.5. The molecule has 1 heterocycles. The van der Waals surface area contributed by atoms with Crippen LogP contribution in [0.3, 0.4) is 0 Å². The molecule has 136 valence electrons. The summed E-state index contributed by atoms with van der Waals surface area (Å²) >= 11 is 0. The minimum atomic E-state index is -0.993. The first-order valence-corrected chi connectivity index (χ1v) is 8.08. The Kier molecular flexibility index (Phi) is 5.95. The molecule has 0 spiro atoms. The summed E-state index contributed by atoms with van der Waals surface area (Å²) in [6.07, 6.45) is -2.15. The minimum Gasteiger partial charge on any atom is -0.445 e. The predicted octanol–water partition coefficient (Wildman–Crippen LogP) is 2.97. The van der Waals surface area contributed by atoms with E-state index in [1.54, 1.807) is 20.8 Å². The van der Waals surface area contributed by atoms with Crippen LogP contribution in [0.5, 0.6) is 0 Å². The van der Waals surface area contributed by atoms with Gasteiger partial charge in [-0.15, -0.1) is 4.91 Å². The fourth-order valence-electron chi connectivity index (χ4n) is 2.36. The first kappa shape index (κ1) is 18.7. The maximum Gasteiger partial charge on any atom is 0.412 e. The molecule has 0 bridgehead atoms. The molecule has 1 fully saturated rings. The number of piperazine rings is 1. The third kappa shape index (κ3) is 5.44. The van der Waals surface area contributed by atoms with Crippen LogP contribution in [0.15, 0.2) is 35.5 Å². The number of rotatable bonds is 3. The van der Waals surface area contributed by atoms with Crippen molar-refractivity contribution in [2.75, 3.05) is 19.6 Å². The van der Waals surface area contributed by atoms with Gasteiger partial charge in [0.1, 0.15) is 12.2 Å². The Balaban J connectivity index is 1.90. The second-order valence-electron chi connectivity index (χ2n) is 6.75. The number of carbonyl (C=O) groups is 2. The zero-order valence-electron chi connectivity index (χ0n) is 14.7. The van der Waals surface area contributed by atoms with Gasteiger partial charge in [0, 0.05) is 13.1 Å². The Morgan fingerprint density at radius 1 is 1.16 bits per heavy atom. The predicted molar refractivity (Wildman–Crippen MR) is 90.7 cm³/mol. The molecule has 0 aliphatic carbocycles. The van der Waals surface area contributed by atoms with Gasteiger partial charge in [-0.1, -0.05) is 30.3 Å². The summed E-state index contributed by atoms with van der Waals surface area (Å²) in [7, 11) is 0. The highest BCUT2D eigenvalue weighted by Gasteiger charge is 2.36. The SMILES string of the molecule is CC(C)(C)OC(=O)N1CCN(C(=O)OCc2ccccc2)CC1N=O. The molecule has 1 atom stereocenters. The number of ether oxygens (including phenoxy) is 2. The third-order valence-corrected chi connectivity index (χ3v) is 3.57. The minimum absolute atomic E-state index is 0.0175. The van der Waals surface area contributed by atoms with Gasteiger partial charge in [0.2, 0.25) is 0 Å². The van der Waals surface area contributed by atoms with E-state index < -0.39 is 24.0 Å². The molecule has 0 radical (unpaired) electrons. The van der Waals surface area contributed by atoms with Crippen molar-refractivity contribution in [3.8, 4) is 0 Å². The molecule has 0 saturated carbocycles. The normalized spacial score (nSPS) is 17.8. The van der Waals surface area contributed by atoms with Crippen LogP contribution in [0, 0.1) is 4.91 Å². The van der Waals surface area contributed by atoms with Gasteiger partial charge in [0.25, 0.3) is 0 Å². The van der Waals surface area contributed by atoms with Crippen molar-refractivity contribution in [1.82, 2.24) is 9.80 Å². The molecule has 1 aromatic carbocycles. The van der Waals surface area contributed by atoms with Crippen LogP contribution < -0.4 is 0 Å². The van der Waals surface area contributed by atoms with E-state index >= 15 is 0 Å². The fraction of sp³-hybridized carbons (Fsp3) is 0.529. The van der Waals surface area contributed by atoms with Gasteiger partial charge < -0.3 is 14.4 Å². The average Bonchev–Trinajstić information content (AvgIpc) is 2.58. The topological polar surface area (TPSA) is 88.5 Å². The standard InChI is InChI=1S/C17H23N3O5/c1-17(2,3)25-16(22)20-10-9-19(11-14(20)18-23)15(21)24-12-13-7-5-4-6-8-13/h4-8,14H,9-12H2,1-3H3. The summed E-state index contributed by atoms with van der Waals surface area (Å²) in [4.78, 5) is 38.0. The Morgan fingerprint density at radius 2 is 1.84 bits per heavy atom. The van der Waals surface area contributed by atoms with Crippen molar-refractivity contribution < 1.29 is 19.1 Å². The molecule has 1 aliphatic rings. The van der Waals surface area contributed by atoms with Crippen LogP contribution in [-0.2, 0) is 16.1 Å². The largest absolute Gasteiger partial charge is 0.445 e. The van der Waals surface area contributed by atoms with E-state index in [0.717, 1.165) is 5.56 Å². The van der Waals surface area contributed by atoms with Crippen molar-refractivity contribution in [3.63, 3.8) is 0 Å². The molecule has 1 aliphatic heterocycles. The molecule has 0 aromatic heterocycles. The van der Waals surface area contributed by atoms with Gasteiger partial charge in [-0.3, -0.25) is 4.90 Å². The fourth-order valence-corrected chi connectivity index (χ4v) is 2.36. The van der Waals surface area contributed by atoms with E-state index in [0.29, 0.717) is 0 Å². The van der Waals surface area contributed by atoms with E-state index in [1.807, 2.05) is 30.3 Å². The molecule has 1 saturated heterocycles. The summed E-state index contributed by atoms with van der Waals surface area (Å²) in [5.74, 6) is 0. The van der Waals surface area contributed by atoms with Crippen LogP contribution in [0.4, 0.5) is 9.59 Å². The number of hydrogen-bond donors (Lipinski definition) is 0. The smallest absolute Gasteiger partial charge is 0.412 e. The first-order chi connectivity index (χ1) is 11.8. The molecule has 1 aromatic rings. The number of benzene rings is 1. The lowest BCUT2D eigenvalue weighted by Gasteiger charge is -2.37. The van der Waals surface area contributed by atoms with Crippen LogP contribution in [0.25, 0.3) is 0 Å². The van der Waals surface area contributed by atoms with Crippen molar-refractivity contribution >= 4 is 12.2 Å². The molecule has 0 N–H and O–H groups in total. The van der Waals surface area contributed by atoms with Crippen LogP contribution in [0.1, 0.15) is 26.3 Å². The van der Waals surface area contributed by atoms with Crippen molar-refractivity contribution in [2.24, 2.45) is 5.18 Å². The first-order valence-electron chi connectivity index (χ1n) is 8.08. The van der Waals surface area contributed by atoms with Gasteiger partial charge in [0.05, 0.1) is 6.54 Å². The van der Waals surface area contributed by atoms with E-state index in [9.17, 15) is 14.5 Å². The average molecular weight is 349 g/mol. The lowest BCUT2D eigenvalue weighted by Crippen LogP contribution is -2.56. The Hall–Kier alpha value is -2.64. The molecule has 25 heavy (non-hydrogen) atoms. The van der Waals surface area contributed by atoms with Gasteiger partial charge >= 0.3 is 12.2 Å². The second-order valence-corrected chi connectivity index (χ2v) is 6.75. The van der Waals surface area contributed by atoms with Gasteiger partial charge in [0.15, 0.2) is 6.17 Å². The van der Waals surface area contributed by atoms with Crippen molar-refractivity contribution in [3.05, 3.63) is 40.8 Å². The van der Waals surface area contributed by atoms with Gasteiger partial charge in [-0.2, -0.15) is 0 Å². The molecular formula is C17H23N3O5. The summed E-state index contributed by atoms with van der Waals surface area (Å²) in [5.41, 5.74) is 0.198. The molecular weight excluding hydrogens is 326 g/mol. The number of nitroso groups, excluding NO2 is 1. The summed E-state index contributed by atoms with van der Waals surface area (Å²) in [5, 5.41) is 2.96. The van der Waals surface area contributed by atoms with Crippen molar-refractivity contribution in [2.45, 2.75) is 39.1 Å². The zero-order valence-corrected chi connectivity index (χ0v) is 14.7. The highest BCUT2D eigenvalue weighted by Crippen LogP contribution is 2.17. The molecule has 8 nitrogen and oxygen atoms in total. The monoisotopic (exact) mass is 349 g/mol. The second kappa shape index (κ2) is 7.96. The Morgan fingerprint density at radius 3 is 2.44 bits per heavy atom. The Labute approximate surface area is 146 Å². The van der Waals surface area contributed by atoms with E-state index in [4.69, 9.17) is 9.47 Å². The number of carbonyl (C=O) groups excluding carboxylic acids is 2. The molecule has 2 amide bonds. The summed E-state index contributed by atoms with van der Waals surface area (Å²) in [6, 6.07) is 9.29. The van der Waals surface area contributed by atoms with Crippen molar-refractivity contribution in [1.29, 1.82) is 0 Å². The van der Waals surface area contributed by atoms with Gasteiger partial charge in [-0.25, -0.2) is 9.59 Å². The Bertz CT molecular complexity index is 614. The van der Waals surface area contributed by atoms with Gasteiger partial charge in [-0.05, 0) is 31.5 Å². The molecule has 2 rings (SSSR count). The number of amides is 2. The van der Waals surface area contributed by atoms with E-state index in [-0.39, 0.29) is 26.2 Å². The number of nitrogens with zero attached hydrogens (tertiary/aromatic N) is 3. The van der Waals surface area contributed by atoms with E-state index in [2.05, 4.69) is 5.18 Å². The summed E-state index contributed by atoms with van der Waals surface area (Å²) in [6.45, 7) is 5.76. The lowest BCUT2D eigenvalue weighted by atomic mass is 10.2.